The molecule has 2 aromatic carbocycles. The first-order valence-electron chi connectivity index (χ1n) is 11.2. The van der Waals surface area contributed by atoms with Crippen molar-refractivity contribution in [1.82, 2.24) is 0 Å². The molecule has 3 rings (SSSR count). The van der Waals surface area contributed by atoms with E-state index in [1.807, 2.05) is 24.3 Å². The Bertz CT molecular complexity index is 1110. The zero-order valence-corrected chi connectivity index (χ0v) is 21.7. The van der Waals surface area contributed by atoms with Gasteiger partial charge < -0.3 is 19.4 Å². The molecule has 0 spiro atoms. The molecule has 2 unspecified atom stereocenters. The Morgan fingerprint density at radius 2 is 1.83 bits per heavy atom. The van der Waals surface area contributed by atoms with E-state index in [9.17, 15) is 14.7 Å². The Hall–Kier alpha value is -2.61. The van der Waals surface area contributed by atoms with E-state index in [2.05, 4.69) is 30.7 Å². The molecule has 0 saturated carbocycles. The second-order valence-corrected chi connectivity index (χ2v) is 10.3. The Balaban J connectivity index is 1.89. The number of aliphatic carboxylic acids is 1. The molecule has 1 heterocycles. The molecule has 2 atom stereocenters. The summed E-state index contributed by atoms with van der Waals surface area (Å²) in [5.74, 6) is -1.66. The quantitative estimate of drug-likeness (QED) is 0.400. The predicted molar refractivity (Wildman–Crippen MR) is 134 cm³/mol. The first kappa shape index (κ1) is 27.0. The van der Waals surface area contributed by atoms with Crippen LogP contribution < -0.4 is 0 Å². The molecule has 35 heavy (non-hydrogen) atoms. The lowest BCUT2D eigenvalue weighted by molar-refractivity contribution is -0.187. The van der Waals surface area contributed by atoms with E-state index in [0.717, 1.165) is 5.56 Å². The summed E-state index contributed by atoms with van der Waals surface area (Å²) >= 11 is 12.3. The summed E-state index contributed by atoms with van der Waals surface area (Å²) in [6.45, 7) is 6.52. The zero-order valence-electron chi connectivity index (χ0n) is 20.1. The van der Waals surface area contributed by atoms with Crippen molar-refractivity contribution < 1.29 is 29.0 Å². The molecule has 1 aliphatic rings. The van der Waals surface area contributed by atoms with Crippen LogP contribution in [0.5, 0.6) is 0 Å². The van der Waals surface area contributed by atoms with E-state index in [4.69, 9.17) is 32.8 Å². The third kappa shape index (κ3) is 6.34. The third-order valence-corrected chi connectivity index (χ3v) is 6.66. The van der Waals surface area contributed by atoms with Crippen molar-refractivity contribution in [3.8, 4) is 0 Å². The number of carbonyl (C=O) groups is 2. The van der Waals surface area contributed by atoms with Crippen LogP contribution in [0.15, 0.2) is 47.6 Å². The van der Waals surface area contributed by atoms with Crippen LogP contribution in [-0.4, -0.2) is 35.5 Å². The second kappa shape index (κ2) is 11.0. The van der Waals surface area contributed by atoms with E-state index in [-0.39, 0.29) is 36.3 Å². The smallest absolute Gasteiger partial charge is 0.354 e. The third-order valence-electron chi connectivity index (χ3n) is 5.92. The van der Waals surface area contributed by atoms with Crippen molar-refractivity contribution in [2.45, 2.75) is 63.8 Å². The van der Waals surface area contributed by atoms with E-state index in [1.165, 1.54) is 12.7 Å². The van der Waals surface area contributed by atoms with Gasteiger partial charge in [-0.3, -0.25) is 4.79 Å². The maximum atomic E-state index is 12.6. The highest BCUT2D eigenvalue weighted by molar-refractivity contribution is 6.42. The summed E-state index contributed by atoms with van der Waals surface area (Å²) in [4.78, 5) is 29.7. The van der Waals surface area contributed by atoms with Crippen molar-refractivity contribution in [2.75, 3.05) is 7.11 Å². The van der Waals surface area contributed by atoms with Crippen molar-refractivity contribution in [3.05, 3.63) is 69.2 Å². The minimum atomic E-state index is -1.84. The Labute approximate surface area is 215 Å². The number of carbonyl (C=O) groups excluding carboxylic acids is 1. The highest BCUT2D eigenvalue weighted by Gasteiger charge is 2.55. The average Bonchev–Trinajstić information content (AvgIpc) is 3.25. The highest BCUT2D eigenvalue weighted by Crippen LogP contribution is 2.42. The highest BCUT2D eigenvalue weighted by atomic mass is 35.5. The molecule has 7 nitrogen and oxygen atoms in total. The maximum absolute atomic E-state index is 12.6. The van der Waals surface area contributed by atoms with Crippen LogP contribution in [-0.2, 0) is 35.9 Å². The van der Waals surface area contributed by atoms with Crippen molar-refractivity contribution in [3.63, 3.8) is 0 Å². The number of halogens is 2. The number of nitrogens with zero attached hydrogens (tertiary/aromatic N) is 1. The minimum absolute atomic E-state index is 0.00493. The summed E-state index contributed by atoms with van der Waals surface area (Å²) in [6, 6.07) is 12.8. The van der Waals surface area contributed by atoms with Gasteiger partial charge in [0, 0.05) is 6.42 Å². The van der Waals surface area contributed by atoms with Crippen molar-refractivity contribution >= 4 is 40.9 Å². The van der Waals surface area contributed by atoms with Crippen LogP contribution in [0, 0.1) is 0 Å². The van der Waals surface area contributed by atoms with E-state index < -0.39 is 23.6 Å². The lowest BCUT2D eigenvalue weighted by Crippen LogP contribution is -2.46. The van der Waals surface area contributed by atoms with Gasteiger partial charge in [-0.25, -0.2) is 4.79 Å². The van der Waals surface area contributed by atoms with Crippen LogP contribution in [0.3, 0.4) is 0 Å². The predicted octanol–water partition coefficient (Wildman–Crippen LogP) is 6.10. The molecule has 0 aromatic heterocycles. The van der Waals surface area contributed by atoms with Gasteiger partial charge >= 0.3 is 11.9 Å². The van der Waals surface area contributed by atoms with Crippen LogP contribution in [0.2, 0.25) is 10.0 Å². The Morgan fingerprint density at radius 1 is 1.14 bits per heavy atom. The number of carboxylic acids is 1. The number of hydrogen-bond donors (Lipinski definition) is 1. The Morgan fingerprint density at radius 3 is 2.40 bits per heavy atom. The molecule has 188 valence electrons. The van der Waals surface area contributed by atoms with Crippen LogP contribution >= 0.6 is 23.2 Å². The van der Waals surface area contributed by atoms with Gasteiger partial charge in [-0.05, 0) is 40.7 Å². The van der Waals surface area contributed by atoms with Crippen molar-refractivity contribution in [2.24, 2.45) is 5.16 Å². The largest absolute Gasteiger partial charge is 0.478 e. The SMILES string of the molecule is COC(=O)CCC1=NOC(C(=O)O)(C(OCc2ccc(C(C)(C)C)cc2)c2ccc(Cl)c(Cl)c2)C1. The van der Waals surface area contributed by atoms with E-state index >= 15 is 0 Å². The maximum Gasteiger partial charge on any atom is 0.354 e. The van der Waals surface area contributed by atoms with E-state index in [1.54, 1.807) is 18.2 Å². The van der Waals surface area contributed by atoms with Gasteiger partial charge in [0.1, 0.15) is 6.10 Å². The molecule has 0 fully saturated rings. The molecule has 1 N–H and O–H groups in total. The molecule has 0 saturated heterocycles. The average molecular weight is 522 g/mol. The molecular formula is C26H29Cl2NO6. The lowest BCUT2D eigenvalue weighted by atomic mass is 9.85. The van der Waals surface area contributed by atoms with Gasteiger partial charge in [-0.15, -0.1) is 0 Å². The summed E-state index contributed by atoms with van der Waals surface area (Å²) in [5, 5.41) is 14.8. The van der Waals surface area contributed by atoms with E-state index in [0.29, 0.717) is 16.3 Å². The molecule has 0 bridgehead atoms. The number of hydrogen-bond acceptors (Lipinski definition) is 6. The lowest BCUT2D eigenvalue weighted by Gasteiger charge is -2.32. The topological polar surface area (TPSA) is 94.4 Å². The first-order valence-corrected chi connectivity index (χ1v) is 11.9. The number of methoxy groups -OCH3 is 1. The van der Waals surface area contributed by atoms with Crippen molar-refractivity contribution in [1.29, 1.82) is 0 Å². The van der Waals surface area contributed by atoms with Gasteiger partial charge in [0.2, 0.25) is 0 Å². The number of rotatable bonds is 9. The first-order chi connectivity index (χ1) is 16.5. The number of benzene rings is 2. The molecule has 1 aliphatic heterocycles. The monoisotopic (exact) mass is 521 g/mol. The van der Waals surface area contributed by atoms with Gasteiger partial charge in [0.25, 0.3) is 5.60 Å². The minimum Gasteiger partial charge on any atom is -0.478 e. The summed E-state index contributed by atoms with van der Waals surface area (Å²) in [6.07, 6.45) is -0.846. The number of oxime groups is 1. The summed E-state index contributed by atoms with van der Waals surface area (Å²) in [5.41, 5.74) is 1.12. The standard InChI is InChI=1S/C26H29Cl2NO6/c1-25(2,3)18-8-5-16(6-9-18)15-34-23(17-7-11-20(27)21(28)13-17)26(24(31)32)14-19(29-35-26)10-12-22(30)33-4/h5-9,11,13,23H,10,12,14-15H2,1-4H3,(H,31,32). The van der Waals surface area contributed by atoms with Gasteiger partial charge in [-0.2, -0.15) is 0 Å². The molecule has 0 radical (unpaired) electrons. The number of ether oxygens (including phenoxy) is 2. The Kier molecular flexibility index (Phi) is 8.46. The van der Waals surface area contributed by atoms with Gasteiger partial charge in [-0.1, -0.05) is 79.5 Å². The molecular weight excluding hydrogens is 493 g/mol. The number of esters is 1. The molecule has 0 amide bonds. The zero-order chi connectivity index (χ0) is 25.8. The van der Waals surface area contributed by atoms with Gasteiger partial charge in [0.05, 0.1) is 35.9 Å². The number of carboxylic acid groups (broad SMARTS) is 1. The summed E-state index contributed by atoms with van der Waals surface area (Å²) < 4.78 is 10.9. The normalized spacial score (nSPS) is 18.5. The van der Waals surface area contributed by atoms with Crippen LogP contribution in [0.25, 0.3) is 0 Å². The fraction of sp³-hybridized carbons (Fsp3) is 0.423. The summed E-state index contributed by atoms with van der Waals surface area (Å²) in [7, 11) is 1.29. The second-order valence-electron chi connectivity index (χ2n) is 9.51. The van der Waals surface area contributed by atoms with Gasteiger partial charge in [0.15, 0.2) is 0 Å². The molecule has 0 aliphatic carbocycles. The van der Waals surface area contributed by atoms with Crippen LogP contribution in [0.4, 0.5) is 0 Å². The fourth-order valence-corrected chi connectivity index (χ4v) is 4.13. The molecule has 9 heteroatoms. The molecule has 2 aromatic rings. The van der Waals surface area contributed by atoms with Crippen LogP contribution in [0.1, 0.15) is 62.8 Å². The fourth-order valence-electron chi connectivity index (χ4n) is 3.82.